The van der Waals surface area contributed by atoms with Gasteiger partial charge in [0.15, 0.2) is 0 Å². The maximum Gasteiger partial charge on any atom is 0.300 e. The topological polar surface area (TPSA) is 99.8 Å². The van der Waals surface area contributed by atoms with E-state index >= 15 is 0 Å². The van der Waals surface area contributed by atoms with Crippen molar-refractivity contribution in [2.75, 3.05) is 12.4 Å². The number of aliphatic hydroxyl groups is 1. The van der Waals surface area contributed by atoms with Crippen LogP contribution in [0.5, 0.6) is 0 Å². The van der Waals surface area contributed by atoms with Crippen LogP contribution >= 0.6 is 0 Å². The first-order valence-corrected chi connectivity index (χ1v) is 6.96. The van der Waals surface area contributed by atoms with Crippen molar-refractivity contribution in [3.8, 4) is 11.3 Å². The molecule has 0 radical (unpaired) electrons. The normalized spacial score (nSPS) is 10.0. The lowest BCUT2D eigenvalue weighted by molar-refractivity contribution is -0.134. The SMILES string of the molecule is CC(=O)O.CNc1ccn2cc(-c3ccc(CO)cc3)nc2n1. The number of carboxylic acid groups (broad SMARTS) is 1. The second-order valence-electron chi connectivity index (χ2n) is 4.77. The van der Waals surface area contributed by atoms with Crippen LogP contribution in [0, 0.1) is 0 Å². The molecule has 0 aliphatic carbocycles. The van der Waals surface area contributed by atoms with E-state index in [0.717, 1.165) is 29.6 Å². The van der Waals surface area contributed by atoms with Gasteiger partial charge in [-0.05, 0) is 11.6 Å². The van der Waals surface area contributed by atoms with Crippen LogP contribution in [0.15, 0.2) is 42.7 Å². The van der Waals surface area contributed by atoms with Crippen molar-refractivity contribution in [3.63, 3.8) is 0 Å². The van der Waals surface area contributed by atoms with E-state index in [9.17, 15) is 0 Å². The number of aromatic nitrogens is 3. The Balaban J connectivity index is 0.000000433. The molecule has 0 fully saturated rings. The number of aliphatic carboxylic acids is 1. The first-order valence-electron chi connectivity index (χ1n) is 6.96. The molecule has 0 atom stereocenters. The van der Waals surface area contributed by atoms with Crippen LogP contribution in [0.3, 0.4) is 0 Å². The number of rotatable bonds is 3. The lowest BCUT2D eigenvalue weighted by Gasteiger charge is -1.98. The molecule has 0 saturated heterocycles. The molecule has 7 nitrogen and oxygen atoms in total. The van der Waals surface area contributed by atoms with Gasteiger partial charge < -0.3 is 15.5 Å². The smallest absolute Gasteiger partial charge is 0.300 e. The number of imidazole rings is 1. The van der Waals surface area contributed by atoms with Gasteiger partial charge >= 0.3 is 0 Å². The van der Waals surface area contributed by atoms with Gasteiger partial charge in [-0.25, -0.2) is 4.98 Å². The zero-order chi connectivity index (χ0) is 16.8. The van der Waals surface area contributed by atoms with E-state index in [1.807, 2.05) is 54.2 Å². The number of hydrogen-bond acceptors (Lipinski definition) is 5. The van der Waals surface area contributed by atoms with Gasteiger partial charge in [0.25, 0.3) is 5.97 Å². The van der Waals surface area contributed by atoms with Crippen LogP contribution in [-0.2, 0) is 11.4 Å². The molecule has 0 spiro atoms. The van der Waals surface area contributed by atoms with Crippen molar-refractivity contribution in [2.24, 2.45) is 0 Å². The molecule has 3 aromatic rings. The van der Waals surface area contributed by atoms with Gasteiger partial charge in [-0.15, -0.1) is 0 Å². The van der Waals surface area contributed by atoms with E-state index in [1.165, 1.54) is 0 Å². The lowest BCUT2D eigenvalue weighted by Crippen LogP contribution is -1.94. The van der Waals surface area contributed by atoms with Gasteiger partial charge in [0, 0.05) is 31.9 Å². The zero-order valence-electron chi connectivity index (χ0n) is 12.9. The van der Waals surface area contributed by atoms with Crippen LogP contribution in [0.4, 0.5) is 5.82 Å². The highest BCUT2D eigenvalue weighted by Gasteiger charge is 2.05. The molecule has 2 heterocycles. The monoisotopic (exact) mass is 314 g/mol. The number of aliphatic hydroxyl groups excluding tert-OH is 1. The second kappa shape index (κ2) is 7.37. The summed E-state index contributed by atoms with van der Waals surface area (Å²) in [5.41, 5.74) is 2.77. The second-order valence-corrected chi connectivity index (χ2v) is 4.77. The van der Waals surface area contributed by atoms with Gasteiger partial charge in [-0.3, -0.25) is 9.20 Å². The molecule has 0 amide bonds. The molecular weight excluding hydrogens is 296 g/mol. The molecule has 23 heavy (non-hydrogen) atoms. The predicted molar refractivity (Wildman–Crippen MR) is 87.2 cm³/mol. The third kappa shape index (κ3) is 4.27. The Hall–Kier alpha value is -2.93. The third-order valence-electron chi connectivity index (χ3n) is 3.01. The molecule has 120 valence electrons. The summed E-state index contributed by atoms with van der Waals surface area (Å²) in [6, 6.07) is 9.59. The third-order valence-corrected chi connectivity index (χ3v) is 3.01. The van der Waals surface area contributed by atoms with E-state index < -0.39 is 5.97 Å². The van der Waals surface area contributed by atoms with E-state index in [1.54, 1.807) is 0 Å². The Labute approximate surface area is 133 Å². The molecule has 2 aromatic heterocycles. The molecule has 1 aromatic carbocycles. The molecule has 0 bridgehead atoms. The molecule has 0 saturated carbocycles. The number of hydrogen-bond donors (Lipinski definition) is 3. The summed E-state index contributed by atoms with van der Waals surface area (Å²) in [6.07, 6.45) is 3.86. The maximum atomic E-state index is 9.03. The number of fused-ring (bicyclic) bond motifs is 1. The lowest BCUT2D eigenvalue weighted by atomic mass is 10.1. The van der Waals surface area contributed by atoms with Crippen LogP contribution in [-0.4, -0.2) is 37.6 Å². The summed E-state index contributed by atoms with van der Waals surface area (Å²) in [7, 11) is 1.83. The van der Waals surface area contributed by atoms with Gasteiger partial charge in [0.1, 0.15) is 5.82 Å². The van der Waals surface area contributed by atoms with Crippen molar-refractivity contribution in [1.82, 2.24) is 14.4 Å². The first-order chi connectivity index (χ1) is 11.0. The van der Waals surface area contributed by atoms with Gasteiger partial charge in [-0.1, -0.05) is 24.3 Å². The molecule has 3 rings (SSSR count). The number of anilines is 1. The van der Waals surface area contributed by atoms with Crippen molar-refractivity contribution in [2.45, 2.75) is 13.5 Å². The first kappa shape index (κ1) is 16.4. The van der Waals surface area contributed by atoms with Gasteiger partial charge in [0.2, 0.25) is 5.78 Å². The summed E-state index contributed by atoms with van der Waals surface area (Å²) in [5.74, 6) is 0.619. The Morgan fingerprint density at radius 1 is 1.22 bits per heavy atom. The summed E-state index contributed by atoms with van der Waals surface area (Å²) in [4.78, 5) is 17.9. The highest BCUT2D eigenvalue weighted by molar-refractivity contribution is 5.63. The minimum absolute atomic E-state index is 0.0541. The van der Waals surface area contributed by atoms with Gasteiger partial charge in [0.05, 0.1) is 12.3 Å². The summed E-state index contributed by atoms with van der Waals surface area (Å²) in [6.45, 7) is 1.14. The fourth-order valence-electron chi connectivity index (χ4n) is 1.93. The Kier molecular flexibility index (Phi) is 5.27. The van der Waals surface area contributed by atoms with Crippen LogP contribution in [0.25, 0.3) is 17.0 Å². The molecule has 0 unspecified atom stereocenters. The molecule has 0 aliphatic rings. The predicted octanol–water partition coefficient (Wildman–Crippen LogP) is 2.02. The maximum absolute atomic E-state index is 9.03. The van der Waals surface area contributed by atoms with E-state index in [4.69, 9.17) is 15.0 Å². The van der Waals surface area contributed by atoms with E-state index in [0.29, 0.717) is 5.78 Å². The Bertz CT molecular complexity index is 793. The van der Waals surface area contributed by atoms with Crippen LogP contribution < -0.4 is 5.32 Å². The average molecular weight is 314 g/mol. The van der Waals surface area contributed by atoms with Crippen molar-refractivity contribution in [1.29, 1.82) is 0 Å². The van der Waals surface area contributed by atoms with Crippen LogP contribution in [0.1, 0.15) is 12.5 Å². The molecule has 0 aliphatic heterocycles. The highest BCUT2D eigenvalue weighted by Crippen LogP contribution is 2.19. The number of benzene rings is 1. The van der Waals surface area contributed by atoms with Gasteiger partial charge in [-0.2, -0.15) is 4.98 Å². The summed E-state index contributed by atoms with van der Waals surface area (Å²) in [5, 5.41) is 19.4. The van der Waals surface area contributed by atoms with Crippen molar-refractivity contribution in [3.05, 3.63) is 48.3 Å². The summed E-state index contributed by atoms with van der Waals surface area (Å²) < 4.78 is 1.89. The van der Waals surface area contributed by atoms with Crippen molar-refractivity contribution >= 4 is 17.6 Å². The molecule has 3 N–H and O–H groups in total. The van der Waals surface area contributed by atoms with E-state index in [-0.39, 0.29) is 6.61 Å². The summed E-state index contributed by atoms with van der Waals surface area (Å²) >= 11 is 0. The Morgan fingerprint density at radius 2 is 1.87 bits per heavy atom. The van der Waals surface area contributed by atoms with E-state index in [2.05, 4.69) is 15.3 Å². The molecular formula is C16H18N4O3. The highest BCUT2D eigenvalue weighted by atomic mass is 16.4. The molecule has 7 heteroatoms. The minimum atomic E-state index is -0.833. The number of nitrogens with zero attached hydrogens (tertiary/aromatic N) is 3. The van der Waals surface area contributed by atoms with Crippen molar-refractivity contribution < 1.29 is 15.0 Å². The fourth-order valence-corrected chi connectivity index (χ4v) is 1.93. The number of nitrogens with one attached hydrogen (secondary N) is 1. The van der Waals surface area contributed by atoms with Crippen LogP contribution in [0.2, 0.25) is 0 Å². The standard InChI is InChI=1S/C14H14N4O.C2H4O2/c1-15-13-6-7-18-8-12(16-14(18)17-13)11-4-2-10(9-19)3-5-11;1-2(3)4/h2-8,19H,9H2,1H3,(H,15,16,17);1H3,(H,3,4). The minimum Gasteiger partial charge on any atom is -0.481 e. The largest absolute Gasteiger partial charge is 0.481 e. The number of carboxylic acids is 1. The average Bonchev–Trinajstić information content (AvgIpc) is 2.97. The fraction of sp³-hybridized carbons (Fsp3) is 0.188. The zero-order valence-corrected chi connectivity index (χ0v) is 12.9. The Morgan fingerprint density at radius 3 is 2.43 bits per heavy atom. The quantitative estimate of drug-likeness (QED) is 0.684. The number of carbonyl (C=O) groups is 1.